The van der Waals surface area contributed by atoms with Crippen LogP contribution in [0.3, 0.4) is 0 Å². The first-order valence-corrected chi connectivity index (χ1v) is 8.13. The molecule has 2 nitrogen and oxygen atoms in total. The summed E-state index contributed by atoms with van der Waals surface area (Å²) in [6.45, 7) is 8.84. The van der Waals surface area contributed by atoms with Crippen LogP contribution < -0.4 is 10.1 Å². The molecule has 1 aliphatic heterocycles. The van der Waals surface area contributed by atoms with Crippen LogP contribution in [0.25, 0.3) is 0 Å². The summed E-state index contributed by atoms with van der Waals surface area (Å²) < 4.78 is 5.73. The molecule has 1 atom stereocenters. The van der Waals surface area contributed by atoms with Crippen LogP contribution in [0, 0.1) is 5.92 Å². The molecule has 112 valence electrons. The normalized spacial score (nSPS) is 22.4. The summed E-state index contributed by atoms with van der Waals surface area (Å²) in [5.74, 6) is 1.67. The Morgan fingerprint density at radius 3 is 2.55 bits per heavy atom. The summed E-state index contributed by atoms with van der Waals surface area (Å²) in [5.41, 5.74) is 1.71. The van der Waals surface area contributed by atoms with Gasteiger partial charge in [0.15, 0.2) is 0 Å². The Kier molecular flexibility index (Phi) is 5.47. The van der Waals surface area contributed by atoms with Gasteiger partial charge in [-0.3, -0.25) is 0 Å². The highest BCUT2D eigenvalue weighted by Gasteiger charge is 2.36. The highest BCUT2D eigenvalue weighted by molar-refractivity contribution is 5.29. The molecule has 0 spiro atoms. The van der Waals surface area contributed by atoms with Gasteiger partial charge in [-0.05, 0) is 55.8 Å². The average molecular weight is 275 g/mol. The quantitative estimate of drug-likeness (QED) is 0.754. The van der Waals surface area contributed by atoms with Gasteiger partial charge in [0, 0.05) is 5.54 Å². The molecular weight excluding hydrogens is 246 g/mol. The van der Waals surface area contributed by atoms with Crippen LogP contribution in [0.4, 0.5) is 0 Å². The largest absolute Gasteiger partial charge is 0.494 e. The SMILES string of the molecule is CCCCOc1ccc(CC2(C(C)C)CCCN2)cc1. The van der Waals surface area contributed by atoms with Crippen molar-refractivity contribution in [2.45, 2.75) is 58.4 Å². The monoisotopic (exact) mass is 275 g/mol. The molecule has 1 aliphatic rings. The molecule has 0 aliphatic carbocycles. The Labute approximate surface area is 123 Å². The number of nitrogens with one attached hydrogen (secondary N) is 1. The van der Waals surface area contributed by atoms with Crippen LogP contribution in [0.1, 0.15) is 52.0 Å². The van der Waals surface area contributed by atoms with Gasteiger partial charge in [0.25, 0.3) is 0 Å². The molecule has 0 aromatic heterocycles. The summed E-state index contributed by atoms with van der Waals surface area (Å²) in [6, 6.07) is 8.69. The molecule has 2 heteroatoms. The van der Waals surface area contributed by atoms with E-state index in [2.05, 4.69) is 50.4 Å². The summed E-state index contributed by atoms with van der Waals surface area (Å²) in [5, 5.41) is 3.74. The van der Waals surface area contributed by atoms with Crippen molar-refractivity contribution >= 4 is 0 Å². The van der Waals surface area contributed by atoms with Crippen molar-refractivity contribution in [2.24, 2.45) is 5.92 Å². The lowest BCUT2D eigenvalue weighted by Crippen LogP contribution is -2.46. The van der Waals surface area contributed by atoms with E-state index in [1.807, 2.05) is 0 Å². The van der Waals surface area contributed by atoms with E-state index in [-0.39, 0.29) is 0 Å². The first-order valence-electron chi connectivity index (χ1n) is 8.13. The molecule has 1 heterocycles. The fourth-order valence-electron chi connectivity index (χ4n) is 3.08. The van der Waals surface area contributed by atoms with Crippen molar-refractivity contribution in [3.8, 4) is 5.75 Å². The van der Waals surface area contributed by atoms with Crippen LogP contribution in [-0.2, 0) is 6.42 Å². The van der Waals surface area contributed by atoms with Gasteiger partial charge in [0.1, 0.15) is 5.75 Å². The predicted molar refractivity (Wildman–Crippen MR) is 85.4 cm³/mol. The van der Waals surface area contributed by atoms with Gasteiger partial charge in [0.2, 0.25) is 0 Å². The maximum atomic E-state index is 5.73. The molecule has 0 saturated carbocycles. The minimum Gasteiger partial charge on any atom is -0.494 e. The summed E-state index contributed by atoms with van der Waals surface area (Å²) in [4.78, 5) is 0. The highest BCUT2D eigenvalue weighted by atomic mass is 16.5. The van der Waals surface area contributed by atoms with Crippen molar-refractivity contribution in [1.29, 1.82) is 0 Å². The van der Waals surface area contributed by atoms with Crippen LogP contribution >= 0.6 is 0 Å². The van der Waals surface area contributed by atoms with E-state index in [4.69, 9.17) is 4.74 Å². The van der Waals surface area contributed by atoms with Gasteiger partial charge < -0.3 is 10.1 Å². The maximum Gasteiger partial charge on any atom is 0.119 e. The van der Waals surface area contributed by atoms with Crippen molar-refractivity contribution in [2.75, 3.05) is 13.2 Å². The molecule has 1 N–H and O–H groups in total. The molecule has 1 saturated heterocycles. The number of benzene rings is 1. The predicted octanol–water partition coefficient (Wildman–Crippen LogP) is 4.19. The van der Waals surface area contributed by atoms with Crippen molar-refractivity contribution in [3.63, 3.8) is 0 Å². The van der Waals surface area contributed by atoms with Gasteiger partial charge in [0.05, 0.1) is 6.61 Å². The smallest absolute Gasteiger partial charge is 0.119 e. The zero-order valence-electron chi connectivity index (χ0n) is 13.2. The molecule has 1 aromatic carbocycles. The number of hydrogen-bond acceptors (Lipinski definition) is 2. The summed E-state index contributed by atoms with van der Waals surface area (Å²) >= 11 is 0. The van der Waals surface area contributed by atoms with E-state index >= 15 is 0 Å². The molecular formula is C18H29NO. The Bertz CT molecular complexity index is 390. The molecule has 1 unspecified atom stereocenters. The molecule has 0 amide bonds. The van der Waals surface area contributed by atoms with E-state index in [0.717, 1.165) is 31.7 Å². The lowest BCUT2D eigenvalue weighted by molar-refractivity contribution is 0.269. The third-order valence-corrected chi connectivity index (χ3v) is 4.59. The van der Waals surface area contributed by atoms with E-state index in [1.165, 1.54) is 24.8 Å². The Morgan fingerprint density at radius 1 is 1.25 bits per heavy atom. The second-order valence-corrected chi connectivity index (χ2v) is 6.36. The van der Waals surface area contributed by atoms with Crippen LogP contribution in [-0.4, -0.2) is 18.7 Å². The van der Waals surface area contributed by atoms with E-state index in [9.17, 15) is 0 Å². The van der Waals surface area contributed by atoms with Gasteiger partial charge in [-0.1, -0.05) is 39.3 Å². The Morgan fingerprint density at radius 2 is 2.00 bits per heavy atom. The summed E-state index contributed by atoms with van der Waals surface area (Å²) in [7, 11) is 0. The van der Waals surface area contributed by atoms with E-state index in [0.29, 0.717) is 11.5 Å². The van der Waals surface area contributed by atoms with Gasteiger partial charge in [-0.2, -0.15) is 0 Å². The van der Waals surface area contributed by atoms with Crippen LogP contribution in [0.15, 0.2) is 24.3 Å². The fourth-order valence-corrected chi connectivity index (χ4v) is 3.08. The second kappa shape index (κ2) is 7.12. The van der Waals surface area contributed by atoms with E-state index in [1.54, 1.807) is 0 Å². The van der Waals surface area contributed by atoms with Gasteiger partial charge in [-0.15, -0.1) is 0 Å². The lowest BCUT2D eigenvalue weighted by Gasteiger charge is -2.34. The lowest BCUT2D eigenvalue weighted by atomic mass is 9.80. The minimum atomic E-state index is 0.296. The van der Waals surface area contributed by atoms with E-state index < -0.39 is 0 Å². The second-order valence-electron chi connectivity index (χ2n) is 6.36. The number of ether oxygens (including phenoxy) is 1. The van der Waals surface area contributed by atoms with Gasteiger partial charge >= 0.3 is 0 Å². The van der Waals surface area contributed by atoms with Crippen molar-refractivity contribution < 1.29 is 4.74 Å². The first-order chi connectivity index (χ1) is 9.66. The number of unbranched alkanes of at least 4 members (excludes halogenated alkanes) is 1. The molecule has 20 heavy (non-hydrogen) atoms. The average Bonchev–Trinajstić information content (AvgIpc) is 2.91. The van der Waals surface area contributed by atoms with Crippen LogP contribution in [0.5, 0.6) is 5.75 Å². The highest BCUT2D eigenvalue weighted by Crippen LogP contribution is 2.31. The zero-order valence-corrected chi connectivity index (χ0v) is 13.2. The molecule has 1 aromatic rings. The Hall–Kier alpha value is -1.02. The molecule has 1 fully saturated rings. The zero-order chi connectivity index (χ0) is 14.4. The molecule has 0 radical (unpaired) electrons. The third-order valence-electron chi connectivity index (χ3n) is 4.59. The molecule has 2 rings (SSSR count). The standard InChI is InChI=1S/C18H29NO/c1-4-5-13-20-17-9-7-16(8-10-17)14-18(15(2)3)11-6-12-19-18/h7-10,15,19H,4-6,11-14H2,1-3H3. The molecule has 0 bridgehead atoms. The van der Waals surface area contributed by atoms with Crippen molar-refractivity contribution in [1.82, 2.24) is 5.32 Å². The Balaban J connectivity index is 1.95. The summed E-state index contributed by atoms with van der Waals surface area (Å²) in [6.07, 6.45) is 6.03. The van der Waals surface area contributed by atoms with Gasteiger partial charge in [-0.25, -0.2) is 0 Å². The van der Waals surface area contributed by atoms with Crippen molar-refractivity contribution in [3.05, 3.63) is 29.8 Å². The fraction of sp³-hybridized carbons (Fsp3) is 0.667. The number of hydrogen-bond donors (Lipinski definition) is 1. The first kappa shape index (κ1) is 15.4. The number of rotatable bonds is 7. The topological polar surface area (TPSA) is 21.3 Å². The van der Waals surface area contributed by atoms with Crippen LogP contribution in [0.2, 0.25) is 0 Å². The third kappa shape index (κ3) is 3.76. The maximum absolute atomic E-state index is 5.73. The minimum absolute atomic E-state index is 0.296.